The molecule has 0 amide bonds. The summed E-state index contributed by atoms with van der Waals surface area (Å²) in [6.45, 7) is 3.10. The lowest BCUT2D eigenvalue weighted by molar-refractivity contribution is 0.300. The molecule has 112 valence electrons. The molecule has 3 nitrogen and oxygen atoms in total. The van der Waals surface area contributed by atoms with Crippen LogP contribution >= 0.6 is 11.6 Å². The molecule has 2 unspecified atom stereocenters. The zero-order chi connectivity index (χ0) is 14.5. The number of hydrogen-bond donors (Lipinski definition) is 1. The zero-order valence-electron chi connectivity index (χ0n) is 12.5. The van der Waals surface area contributed by atoms with Crippen molar-refractivity contribution in [3.8, 4) is 11.5 Å². The van der Waals surface area contributed by atoms with Gasteiger partial charge in [-0.25, -0.2) is 0 Å². The fourth-order valence-electron chi connectivity index (χ4n) is 2.94. The van der Waals surface area contributed by atoms with E-state index >= 15 is 0 Å². The van der Waals surface area contributed by atoms with Gasteiger partial charge in [-0.3, -0.25) is 0 Å². The molecular weight excluding hydrogens is 274 g/mol. The molecule has 0 bridgehead atoms. The summed E-state index contributed by atoms with van der Waals surface area (Å²) in [7, 11) is 3.24. The number of rotatable bonds is 5. The van der Waals surface area contributed by atoms with Gasteiger partial charge >= 0.3 is 0 Å². The van der Waals surface area contributed by atoms with Crippen LogP contribution in [0.2, 0.25) is 5.02 Å². The number of nitrogens with one attached hydrogen (secondary N) is 1. The van der Waals surface area contributed by atoms with Crippen LogP contribution in [-0.2, 0) is 6.54 Å². The Balaban J connectivity index is 2.02. The van der Waals surface area contributed by atoms with E-state index in [2.05, 4.69) is 12.2 Å². The van der Waals surface area contributed by atoms with Crippen molar-refractivity contribution < 1.29 is 9.47 Å². The van der Waals surface area contributed by atoms with Crippen LogP contribution in [0.5, 0.6) is 11.5 Å². The lowest BCUT2D eigenvalue weighted by atomic mass is 9.87. The molecule has 2 rings (SSSR count). The van der Waals surface area contributed by atoms with Gasteiger partial charge < -0.3 is 14.8 Å². The predicted molar refractivity (Wildman–Crippen MR) is 82.8 cm³/mol. The van der Waals surface area contributed by atoms with Crippen LogP contribution in [0.15, 0.2) is 12.1 Å². The fraction of sp³-hybridized carbons (Fsp3) is 0.625. The molecular formula is C16H24ClNO2. The largest absolute Gasteiger partial charge is 0.493 e. The summed E-state index contributed by atoms with van der Waals surface area (Å²) in [6.07, 6.45) is 5.19. The highest BCUT2D eigenvalue weighted by Gasteiger charge is 2.19. The van der Waals surface area contributed by atoms with Crippen LogP contribution < -0.4 is 14.8 Å². The standard InChI is InChI=1S/C16H24ClNO2/c1-11-5-4-6-13(9-11)18-10-12-7-8-14(19-2)16(20-3)15(12)17/h7-8,11,13,18H,4-6,9-10H2,1-3H3. The fourth-order valence-corrected chi connectivity index (χ4v) is 3.24. The highest BCUT2D eigenvalue weighted by molar-refractivity contribution is 6.33. The van der Waals surface area contributed by atoms with Gasteiger partial charge in [0.25, 0.3) is 0 Å². The molecule has 1 saturated carbocycles. The van der Waals surface area contributed by atoms with E-state index in [1.54, 1.807) is 14.2 Å². The number of ether oxygens (including phenoxy) is 2. The topological polar surface area (TPSA) is 30.5 Å². The average molecular weight is 298 g/mol. The predicted octanol–water partition coefficient (Wildman–Crippen LogP) is 4.03. The van der Waals surface area contributed by atoms with Crippen LogP contribution in [0.25, 0.3) is 0 Å². The minimum Gasteiger partial charge on any atom is -0.493 e. The van der Waals surface area contributed by atoms with E-state index in [1.165, 1.54) is 25.7 Å². The molecule has 0 heterocycles. The molecule has 20 heavy (non-hydrogen) atoms. The van der Waals surface area contributed by atoms with E-state index in [0.29, 0.717) is 22.6 Å². The van der Waals surface area contributed by atoms with Crippen LogP contribution in [0.3, 0.4) is 0 Å². The molecule has 0 radical (unpaired) electrons. The van der Waals surface area contributed by atoms with Crippen LogP contribution in [-0.4, -0.2) is 20.3 Å². The Kier molecular flexibility index (Phi) is 5.55. The first-order chi connectivity index (χ1) is 9.65. The maximum absolute atomic E-state index is 6.39. The van der Waals surface area contributed by atoms with Gasteiger partial charge in [-0.05, 0) is 30.4 Å². The van der Waals surface area contributed by atoms with E-state index in [4.69, 9.17) is 21.1 Å². The minimum absolute atomic E-state index is 0.600. The van der Waals surface area contributed by atoms with Crippen LogP contribution in [0, 0.1) is 5.92 Å². The Labute approximate surface area is 126 Å². The van der Waals surface area contributed by atoms with Gasteiger partial charge in [0.15, 0.2) is 11.5 Å². The lowest BCUT2D eigenvalue weighted by Gasteiger charge is -2.27. The van der Waals surface area contributed by atoms with E-state index < -0.39 is 0 Å². The summed E-state index contributed by atoms with van der Waals surface area (Å²) in [5.41, 5.74) is 1.06. The Morgan fingerprint density at radius 3 is 2.70 bits per heavy atom. The van der Waals surface area contributed by atoms with E-state index in [9.17, 15) is 0 Å². The van der Waals surface area contributed by atoms with Gasteiger partial charge in [0.2, 0.25) is 0 Å². The third kappa shape index (κ3) is 3.58. The van der Waals surface area contributed by atoms with Gasteiger partial charge in [-0.2, -0.15) is 0 Å². The third-order valence-electron chi connectivity index (χ3n) is 4.08. The zero-order valence-corrected chi connectivity index (χ0v) is 13.3. The highest BCUT2D eigenvalue weighted by Crippen LogP contribution is 2.37. The van der Waals surface area contributed by atoms with Crippen molar-refractivity contribution in [3.63, 3.8) is 0 Å². The molecule has 1 aromatic carbocycles. The summed E-state index contributed by atoms with van der Waals surface area (Å²) < 4.78 is 10.6. The van der Waals surface area contributed by atoms with E-state index in [1.807, 2.05) is 12.1 Å². The maximum Gasteiger partial charge on any atom is 0.179 e. The van der Waals surface area contributed by atoms with Crippen LogP contribution in [0.4, 0.5) is 0 Å². The van der Waals surface area contributed by atoms with E-state index in [-0.39, 0.29) is 0 Å². The van der Waals surface area contributed by atoms with Gasteiger partial charge in [-0.1, -0.05) is 37.4 Å². The molecule has 1 aliphatic rings. The van der Waals surface area contributed by atoms with Crippen molar-refractivity contribution in [1.82, 2.24) is 5.32 Å². The molecule has 2 atom stereocenters. The van der Waals surface area contributed by atoms with E-state index in [0.717, 1.165) is 18.0 Å². The lowest BCUT2D eigenvalue weighted by Crippen LogP contribution is -2.33. The second-order valence-electron chi connectivity index (χ2n) is 5.62. The Hall–Kier alpha value is -0.930. The quantitative estimate of drug-likeness (QED) is 0.890. The summed E-state index contributed by atoms with van der Waals surface area (Å²) in [5, 5.41) is 4.26. The first-order valence-corrected chi connectivity index (χ1v) is 7.66. The van der Waals surface area contributed by atoms with Crippen LogP contribution in [0.1, 0.15) is 38.2 Å². The van der Waals surface area contributed by atoms with Crippen molar-refractivity contribution >= 4 is 11.6 Å². The molecule has 1 fully saturated rings. The van der Waals surface area contributed by atoms with Crippen molar-refractivity contribution in [1.29, 1.82) is 0 Å². The van der Waals surface area contributed by atoms with Crippen molar-refractivity contribution in [2.24, 2.45) is 5.92 Å². The SMILES string of the molecule is COc1ccc(CNC2CCCC(C)C2)c(Cl)c1OC. The first kappa shape index (κ1) is 15.5. The molecule has 0 spiro atoms. The molecule has 0 aromatic heterocycles. The Bertz CT molecular complexity index is 450. The Morgan fingerprint density at radius 2 is 2.05 bits per heavy atom. The van der Waals surface area contributed by atoms with Gasteiger partial charge in [0.1, 0.15) is 0 Å². The van der Waals surface area contributed by atoms with Gasteiger partial charge in [0.05, 0.1) is 19.2 Å². The monoisotopic (exact) mass is 297 g/mol. The van der Waals surface area contributed by atoms with Crippen molar-refractivity contribution in [2.75, 3.05) is 14.2 Å². The second-order valence-corrected chi connectivity index (χ2v) is 6.00. The molecule has 1 aromatic rings. The van der Waals surface area contributed by atoms with Gasteiger partial charge in [-0.15, -0.1) is 0 Å². The van der Waals surface area contributed by atoms with Gasteiger partial charge in [0, 0.05) is 12.6 Å². The third-order valence-corrected chi connectivity index (χ3v) is 4.50. The molecule has 1 aliphatic carbocycles. The smallest absolute Gasteiger partial charge is 0.179 e. The summed E-state index contributed by atoms with van der Waals surface area (Å²) in [6, 6.07) is 4.51. The number of halogens is 1. The summed E-state index contributed by atoms with van der Waals surface area (Å²) in [4.78, 5) is 0. The summed E-state index contributed by atoms with van der Waals surface area (Å²) in [5.74, 6) is 2.11. The Morgan fingerprint density at radius 1 is 1.25 bits per heavy atom. The normalized spacial score (nSPS) is 22.6. The number of hydrogen-bond acceptors (Lipinski definition) is 3. The van der Waals surface area contributed by atoms with Crippen molar-refractivity contribution in [3.05, 3.63) is 22.7 Å². The van der Waals surface area contributed by atoms with Crippen molar-refractivity contribution in [2.45, 2.75) is 45.2 Å². The first-order valence-electron chi connectivity index (χ1n) is 7.28. The molecule has 1 N–H and O–H groups in total. The highest BCUT2D eigenvalue weighted by atomic mass is 35.5. The molecule has 0 aliphatic heterocycles. The molecule has 4 heteroatoms. The second kappa shape index (κ2) is 7.19. The number of methoxy groups -OCH3 is 2. The number of benzene rings is 1. The summed E-state index contributed by atoms with van der Waals surface area (Å²) >= 11 is 6.39. The average Bonchev–Trinajstić information content (AvgIpc) is 2.45. The minimum atomic E-state index is 0.600. The molecule has 0 saturated heterocycles. The maximum atomic E-state index is 6.39.